The summed E-state index contributed by atoms with van der Waals surface area (Å²) in [5, 5.41) is 2.80. The van der Waals surface area contributed by atoms with Gasteiger partial charge in [0.1, 0.15) is 11.5 Å². The number of furan rings is 1. The molecule has 0 radical (unpaired) electrons. The van der Waals surface area contributed by atoms with Gasteiger partial charge in [-0.25, -0.2) is 0 Å². The molecule has 1 amide bonds. The molecule has 19 heavy (non-hydrogen) atoms. The molecule has 1 aromatic heterocycles. The third kappa shape index (κ3) is 2.96. The van der Waals surface area contributed by atoms with Gasteiger partial charge in [0.15, 0.2) is 5.76 Å². The van der Waals surface area contributed by atoms with Gasteiger partial charge in [0, 0.05) is 6.42 Å². The molecule has 0 atom stereocenters. The third-order valence-electron chi connectivity index (χ3n) is 2.84. The number of aryl methyl sites for hydroxylation is 2. The van der Waals surface area contributed by atoms with Gasteiger partial charge in [-0.1, -0.05) is 13.0 Å². The van der Waals surface area contributed by atoms with Crippen LogP contribution in [-0.2, 0) is 6.42 Å². The number of nitrogens with one attached hydrogen (secondary N) is 1. The fourth-order valence-corrected chi connectivity index (χ4v) is 1.79. The number of carbonyl (C=O) groups excluding carboxylic acids is 1. The summed E-state index contributed by atoms with van der Waals surface area (Å²) in [6, 6.07) is 9.10. The number of hydrogen-bond donors (Lipinski definition) is 1. The molecule has 0 fully saturated rings. The number of methoxy groups -OCH3 is 1. The van der Waals surface area contributed by atoms with E-state index in [1.165, 1.54) is 0 Å². The van der Waals surface area contributed by atoms with E-state index in [2.05, 4.69) is 5.32 Å². The summed E-state index contributed by atoms with van der Waals surface area (Å²) in [7, 11) is 1.57. The molecular weight excluding hydrogens is 242 g/mol. The molecule has 0 aliphatic rings. The molecular formula is C15H17NO3. The molecule has 2 aromatic rings. The Balaban J connectivity index is 2.20. The maximum atomic E-state index is 12.1. The maximum Gasteiger partial charge on any atom is 0.291 e. The highest BCUT2D eigenvalue weighted by atomic mass is 16.5. The van der Waals surface area contributed by atoms with Crippen LogP contribution in [0.1, 0.15) is 28.8 Å². The Morgan fingerprint density at radius 2 is 2.11 bits per heavy atom. The Morgan fingerprint density at radius 3 is 2.74 bits per heavy atom. The molecule has 4 nitrogen and oxygen atoms in total. The average Bonchev–Trinajstić information content (AvgIpc) is 2.88. The lowest BCUT2D eigenvalue weighted by Crippen LogP contribution is -2.11. The predicted molar refractivity (Wildman–Crippen MR) is 73.8 cm³/mol. The van der Waals surface area contributed by atoms with Crippen molar-refractivity contribution in [3.05, 3.63) is 47.4 Å². The molecule has 0 unspecified atom stereocenters. The molecule has 1 heterocycles. The minimum absolute atomic E-state index is 0.274. The Bertz CT molecular complexity index is 587. The van der Waals surface area contributed by atoms with Crippen molar-refractivity contribution in [2.24, 2.45) is 0 Å². The van der Waals surface area contributed by atoms with Crippen LogP contribution in [0, 0.1) is 6.92 Å². The molecule has 0 spiro atoms. The highest BCUT2D eigenvalue weighted by Gasteiger charge is 2.13. The number of anilines is 1. The van der Waals surface area contributed by atoms with Crippen LogP contribution in [0.3, 0.4) is 0 Å². The summed E-state index contributed by atoms with van der Waals surface area (Å²) >= 11 is 0. The molecule has 2 rings (SSSR count). The summed E-state index contributed by atoms with van der Waals surface area (Å²) < 4.78 is 10.6. The van der Waals surface area contributed by atoms with Crippen molar-refractivity contribution >= 4 is 11.6 Å². The van der Waals surface area contributed by atoms with Gasteiger partial charge in [0.05, 0.1) is 12.8 Å². The average molecular weight is 259 g/mol. The number of amides is 1. The second-order valence-corrected chi connectivity index (χ2v) is 4.28. The number of ether oxygens (including phenoxy) is 1. The molecule has 1 aromatic carbocycles. The molecule has 100 valence electrons. The Morgan fingerprint density at radius 1 is 1.32 bits per heavy atom. The van der Waals surface area contributed by atoms with E-state index >= 15 is 0 Å². The number of benzene rings is 1. The predicted octanol–water partition coefficient (Wildman–Crippen LogP) is 3.41. The Hall–Kier alpha value is -2.23. The van der Waals surface area contributed by atoms with Gasteiger partial charge in [-0.15, -0.1) is 0 Å². The summed E-state index contributed by atoms with van der Waals surface area (Å²) in [4.78, 5) is 12.1. The van der Waals surface area contributed by atoms with E-state index in [1.807, 2.05) is 38.1 Å². The van der Waals surface area contributed by atoms with Gasteiger partial charge in [-0.3, -0.25) is 4.79 Å². The van der Waals surface area contributed by atoms with Gasteiger partial charge in [0.2, 0.25) is 0 Å². The minimum Gasteiger partial charge on any atom is -0.495 e. The van der Waals surface area contributed by atoms with E-state index in [4.69, 9.17) is 9.15 Å². The molecule has 0 bridgehead atoms. The zero-order valence-corrected chi connectivity index (χ0v) is 11.3. The van der Waals surface area contributed by atoms with Gasteiger partial charge in [0.25, 0.3) is 5.91 Å². The quantitative estimate of drug-likeness (QED) is 0.915. The first kappa shape index (κ1) is 13.2. The van der Waals surface area contributed by atoms with E-state index in [1.54, 1.807) is 13.2 Å². The normalized spacial score (nSPS) is 10.3. The number of hydrogen-bond acceptors (Lipinski definition) is 3. The second-order valence-electron chi connectivity index (χ2n) is 4.28. The molecule has 0 aliphatic carbocycles. The minimum atomic E-state index is -0.274. The van der Waals surface area contributed by atoms with Crippen molar-refractivity contribution in [2.75, 3.05) is 12.4 Å². The van der Waals surface area contributed by atoms with Crippen LogP contribution in [0.4, 0.5) is 5.69 Å². The van der Waals surface area contributed by atoms with Gasteiger partial charge in [-0.2, -0.15) is 0 Å². The van der Waals surface area contributed by atoms with Crippen molar-refractivity contribution in [1.29, 1.82) is 0 Å². The van der Waals surface area contributed by atoms with Crippen LogP contribution in [0.2, 0.25) is 0 Å². The third-order valence-corrected chi connectivity index (χ3v) is 2.84. The highest BCUT2D eigenvalue weighted by molar-refractivity contribution is 6.03. The topological polar surface area (TPSA) is 51.5 Å². The van der Waals surface area contributed by atoms with Crippen LogP contribution < -0.4 is 10.1 Å². The first-order valence-electron chi connectivity index (χ1n) is 6.18. The van der Waals surface area contributed by atoms with Crippen molar-refractivity contribution in [1.82, 2.24) is 0 Å². The molecule has 0 saturated heterocycles. The Kier molecular flexibility index (Phi) is 3.90. The maximum absolute atomic E-state index is 12.1. The van der Waals surface area contributed by atoms with Crippen LogP contribution in [0.5, 0.6) is 5.75 Å². The summed E-state index contributed by atoms with van der Waals surface area (Å²) in [6.07, 6.45) is 0.765. The van der Waals surface area contributed by atoms with E-state index in [0.29, 0.717) is 17.2 Å². The molecule has 0 saturated carbocycles. The standard InChI is InChI=1S/C15H17NO3/c1-4-11-6-8-14(19-11)15(17)16-12-9-10(2)5-7-13(12)18-3/h5-9H,4H2,1-3H3,(H,16,17). The van der Waals surface area contributed by atoms with Crippen molar-refractivity contribution in [3.63, 3.8) is 0 Å². The second kappa shape index (κ2) is 5.61. The van der Waals surface area contributed by atoms with E-state index in [-0.39, 0.29) is 5.91 Å². The Labute approximate surface area is 112 Å². The van der Waals surface area contributed by atoms with E-state index < -0.39 is 0 Å². The summed E-state index contributed by atoms with van der Waals surface area (Å²) in [5.74, 6) is 1.45. The van der Waals surface area contributed by atoms with Crippen LogP contribution in [-0.4, -0.2) is 13.0 Å². The SMILES string of the molecule is CCc1ccc(C(=O)Nc2cc(C)ccc2OC)o1. The van der Waals surface area contributed by atoms with Crippen LogP contribution >= 0.6 is 0 Å². The monoisotopic (exact) mass is 259 g/mol. The highest BCUT2D eigenvalue weighted by Crippen LogP contribution is 2.25. The van der Waals surface area contributed by atoms with Gasteiger partial charge >= 0.3 is 0 Å². The largest absolute Gasteiger partial charge is 0.495 e. The van der Waals surface area contributed by atoms with Crippen molar-refractivity contribution in [3.8, 4) is 5.75 Å². The molecule has 1 N–H and O–H groups in total. The lowest BCUT2D eigenvalue weighted by atomic mass is 10.2. The zero-order valence-electron chi connectivity index (χ0n) is 11.3. The lowest BCUT2D eigenvalue weighted by Gasteiger charge is -2.09. The summed E-state index contributed by atoms with van der Waals surface area (Å²) in [6.45, 7) is 3.93. The van der Waals surface area contributed by atoms with Crippen molar-refractivity contribution < 1.29 is 13.9 Å². The van der Waals surface area contributed by atoms with Crippen molar-refractivity contribution in [2.45, 2.75) is 20.3 Å². The number of rotatable bonds is 4. The number of carbonyl (C=O) groups is 1. The lowest BCUT2D eigenvalue weighted by molar-refractivity contribution is 0.0994. The first-order valence-corrected chi connectivity index (χ1v) is 6.18. The van der Waals surface area contributed by atoms with Crippen LogP contribution in [0.25, 0.3) is 0 Å². The fourth-order valence-electron chi connectivity index (χ4n) is 1.79. The van der Waals surface area contributed by atoms with E-state index in [9.17, 15) is 4.79 Å². The summed E-state index contributed by atoms with van der Waals surface area (Å²) in [5.41, 5.74) is 1.69. The first-order chi connectivity index (χ1) is 9.13. The van der Waals surface area contributed by atoms with Gasteiger partial charge < -0.3 is 14.5 Å². The molecule has 4 heteroatoms. The smallest absolute Gasteiger partial charge is 0.291 e. The zero-order chi connectivity index (χ0) is 13.8. The van der Waals surface area contributed by atoms with Gasteiger partial charge in [-0.05, 0) is 36.8 Å². The van der Waals surface area contributed by atoms with Crippen LogP contribution in [0.15, 0.2) is 34.7 Å². The fraction of sp³-hybridized carbons (Fsp3) is 0.267. The molecule has 0 aliphatic heterocycles. The van der Waals surface area contributed by atoms with E-state index in [0.717, 1.165) is 17.7 Å².